The molecule has 0 bridgehead atoms. The van der Waals surface area contributed by atoms with Gasteiger partial charge in [0, 0.05) is 18.0 Å². The number of hydrogen-bond donors (Lipinski definition) is 4. The van der Waals surface area contributed by atoms with E-state index in [-0.39, 0.29) is 30.1 Å². The maximum atomic E-state index is 12.5. The summed E-state index contributed by atoms with van der Waals surface area (Å²) >= 11 is 2.99. The zero-order chi connectivity index (χ0) is 21.9. The number of hydrogen-bond acceptors (Lipinski definition) is 7. The van der Waals surface area contributed by atoms with E-state index in [2.05, 4.69) is 0 Å². The van der Waals surface area contributed by atoms with Crippen LogP contribution in [0.15, 0.2) is 23.2 Å². The van der Waals surface area contributed by atoms with Gasteiger partial charge in [0.2, 0.25) is 15.8 Å². The van der Waals surface area contributed by atoms with Crippen molar-refractivity contribution in [2.24, 2.45) is 17.6 Å². The number of thioether (sulfide) groups is 1. The Morgan fingerprint density at radius 2 is 2.13 bits per heavy atom. The summed E-state index contributed by atoms with van der Waals surface area (Å²) in [6.45, 7) is 4.01. The number of β-lactam (4-membered cyclic amide) rings is 1. The molecule has 9 nitrogen and oxygen atoms in total. The molecule has 30 heavy (non-hydrogen) atoms. The standard InChI is InChI=1S/C19H24N4O5S2/c1-8-12(15(19(27)28)23-14(8)13(9(2)24)16(23)26)11-6-22-7-21(5-10(25)4-20)17(29-3)18(22)30-11/h6-10,13-14,24-25H,4-5,20H2,1-3H3/p+1/t8-,9?,10+,13-,14-/m1/s1. The lowest BCUT2D eigenvalue weighted by molar-refractivity contribution is -0.735. The summed E-state index contributed by atoms with van der Waals surface area (Å²) in [5.41, 5.74) is 6.17. The molecule has 1 amide bonds. The van der Waals surface area contributed by atoms with Gasteiger partial charge in [-0.2, -0.15) is 4.40 Å². The van der Waals surface area contributed by atoms with E-state index in [0.29, 0.717) is 12.1 Å². The van der Waals surface area contributed by atoms with Crippen molar-refractivity contribution in [3.8, 4) is 0 Å². The van der Waals surface area contributed by atoms with Crippen LogP contribution in [-0.4, -0.2) is 67.5 Å². The molecule has 2 aliphatic rings. The molecule has 5 N–H and O–H groups in total. The van der Waals surface area contributed by atoms with E-state index in [1.165, 1.54) is 28.0 Å². The van der Waals surface area contributed by atoms with Crippen molar-refractivity contribution >= 4 is 45.4 Å². The molecule has 162 valence electrons. The first-order chi connectivity index (χ1) is 14.2. The minimum Gasteiger partial charge on any atom is -0.477 e. The number of aliphatic hydroxyl groups excluding tert-OH is 2. The van der Waals surface area contributed by atoms with Crippen molar-refractivity contribution in [3.05, 3.63) is 23.1 Å². The Kier molecular flexibility index (Phi) is 5.43. The maximum Gasteiger partial charge on any atom is 0.352 e. The van der Waals surface area contributed by atoms with Crippen molar-refractivity contribution in [2.45, 2.75) is 43.7 Å². The Balaban J connectivity index is 1.79. The number of aromatic nitrogens is 2. The third kappa shape index (κ3) is 2.99. The van der Waals surface area contributed by atoms with Crippen LogP contribution >= 0.6 is 23.1 Å². The van der Waals surface area contributed by atoms with Crippen LogP contribution < -0.4 is 10.3 Å². The largest absolute Gasteiger partial charge is 0.477 e. The molecule has 2 aromatic heterocycles. The molecule has 0 aromatic carbocycles. The molecule has 0 spiro atoms. The number of imidazole rings is 1. The topological polar surface area (TPSA) is 132 Å². The average Bonchev–Trinajstić information content (AvgIpc) is 3.28. The van der Waals surface area contributed by atoms with Crippen LogP contribution in [0.25, 0.3) is 10.4 Å². The first-order valence-electron chi connectivity index (χ1n) is 9.66. The fraction of sp³-hybridized carbons (Fsp3) is 0.526. The van der Waals surface area contributed by atoms with Crippen LogP contribution in [0.1, 0.15) is 18.7 Å². The Morgan fingerprint density at radius 3 is 2.70 bits per heavy atom. The second-order valence-corrected chi connectivity index (χ2v) is 9.62. The number of fused-ring (bicyclic) bond motifs is 2. The van der Waals surface area contributed by atoms with Gasteiger partial charge in [0.1, 0.15) is 24.5 Å². The molecular weight excluding hydrogens is 428 g/mol. The molecule has 2 aromatic rings. The summed E-state index contributed by atoms with van der Waals surface area (Å²) in [7, 11) is 0. The molecule has 5 atom stereocenters. The fourth-order valence-corrected chi connectivity index (χ4v) is 6.78. The van der Waals surface area contributed by atoms with Gasteiger partial charge in [-0.1, -0.05) is 30.0 Å². The van der Waals surface area contributed by atoms with E-state index in [9.17, 15) is 24.9 Å². The van der Waals surface area contributed by atoms with Crippen molar-refractivity contribution in [1.82, 2.24) is 9.30 Å². The van der Waals surface area contributed by atoms with E-state index in [4.69, 9.17) is 5.73 Å². The number of nitrogens with two attached hydrogens (primary N) is 1. The van der Waals surface area contributed by atoms with Gasteiger partial charge in [0.25, 0.3) is 6.33 Å². The molecule has 0 saturated carbocycles. The summed E-state index contributed by atoms with van der Waals surface area (Å²) in [5.74, 6) is -2.27. The molecule has 0 aliphatic carbocycles. The van der Waals surface area contributed by atoms with Crippen molar-refractivity contribution in [1.29, 1.82) is 0 Å². The van der Waals surface area contributed by atoms with Crippen LogP contribution in [0.2, 0.25) is 0 Å². The van der Waals surface area contributed by atoms with Gasteiger partial charge in [-0.05, 0) is 13.2 Å². The highest BCUT2D eigenvalue weighted by Crippen LogP contribution is 2.51. The second kappa shape index (κ2) is 7.65. The Morgan fingerprint density at radius 1 is 1.43 bits per heavy atom. The lowest BCUT2D eigenvalue weighted by atomic mass is 9.77. The summed E-state index contributed by atoms with van der Waals surface area (Å²) in [6.07, 6.45) is 4.19. The molecule has 4 rings (SSSR count). The fourth-order valence-electron chi connectivity index (χ4n) is 4.59. The van der Waals surface area contributed by atoms with Crippen LogP contribution in [0.4, 0.5) is 0 Å². The Labute approximate surface area is 181 Å². The Bertz CT molecular complexity index is 1060. The van der Waals surface area contributed by atoms with E-state index in [1.807, 2.05) is 34.7 Å². The highest BCUT2D eigenvalue weighted by atomic mass is 32.2. The Hall–Kier alpha value is -1.92. The third-order valence-electron chi connectivity index (χ3n) is 5.92. The van der Waals surface area contributed by atoms with Gasteiger partial charge < -0.3 is 26.0 Å². The van der Waals surface area contributed by atoms with Gasteiger partial charge >= 0.3 is 5.97 Å². The first-order valence-corrected chi connectivity index (χ1v) is 11.7. The molecule has 1 saturated heterocycles. The summed E-state index contributed by atoms with van der Waals surface area (Å²) < 4.78 is 3.85. The van der Waals surface area contributed by atoms with Crippen LogP contribution in [0.5, 0.6) is 0 Å². The van der Waals surface area contributed by atoms with Crippen LogP contribution in [-0.2, 0) is 16.1 Å². The smallest absolute Gasteiger partial charge is 0.352 e. The summed E-state index contributed by atoms with van der Waals surface area (Å²) in [5, 5.41) is 30.7. The van der Waals surface area contributed by atoms with Crippen molar-refractivity contribution < 1.29 is 29.5 Å². The lowest BCUT2D eigenvalue weighted by Gasteiger charge is -2.46. The van der Waals surface area contributed by atoms with Gasteiger partial charge in [0.15, 0.2) is 0 Å². The number of carbonyl (C=O) groups is 2. The first kappa shape index (κ1) is 21.3. The number of amides is 1. The summed E-state index contributed by atoms with van der Waals surface area (Å²) in [4.78, 5) is 27.7. The zero-order valence-electron chi connectivity index (χ0n) is 16.8. The van der Waals surface area contributed by atoms with Gasteiger partial charge in [-0.3, -0.25) is 4.79 Å². The minimum atomic E-state index is -1.14. The number of thiazole rings is 1. The van der Waals surface area contributed by atoms with E-state index in [1.54, 1.807) is 6.92 Å². The van der Waals surface area contributed by atoms with Gasteiger partial charge in [-0.15, -0.1) is 0 Å². The van der Waals surface area contributed by atoms with Crippen molar-refractivity contribution in [3.63, 3.8) is 0 Å². The molecule has 2 aliphatic heterocycles. The van der Waals surface area contributed by atoms with Gasteiger partial charge in [-0.25, -0.2) is 9.36 Å². The quantitative estimate of drug-likeness (QED) is 0.263. The minimum absolute atomic E-state index is 0.0102. The number of carboxylic acid groups (broad SMARTS) is 1. The third-order valence-corrected chi connectivity index (χ3v) is 8.00. The van der Waals surface area contributed by atoms with E-state index >= 15 is 0 Å². The second-order valence-electron chi connectivity index (χ2n) is 7.80. The number of nitrogens with zero attached hydrogens (tertiary/aromatic N) is 3. The highest BCUT2D eigenvalue weighted by molar-refractivity contribution is 7.98. The lowest BCUT2D eigenvalue weighted by Crippen LogP contribution is -2.63. The van der Waals surface area contributed by atoms with Crippen LogP contribution in [0.3, 0.4) is 0 Å². The zero-order valence-corrected chi connectivity index (χ0v) is 18.5. The molecule has 11 heteroatoms. The summed E-state index contributed by atoms with van der Waals surface area (Å²) in [6, 6.07) is -0.343. The predicted molar refractivity (Wildman–Crippen MR) is 112 cm³/mol. The molecule has 1 fully saturated rings. The van der Waals surface area contributed by atoms with Crippen molar-refractivity contribution in [2.75, 3.05) is 12.8 Å². The van der Waals surface area contributed by atoms with E-state index in [0.717, 1.165) is 14.7 Å². The van der Waals surface area contributed by atoms with E-state index < -0.39 is 24.1 Å². The number of carboxylic acids is 1. The molecule has 4 heterocycles. The normalized spacial score (nSPS) is 25.6. The molecular formula is C19H25N4O5S2+. The number of rotatable bonds is 7. The monoisotopic (exact) mass is 453 g/mol. The average molecular weight is 454 g/mol. The maximum absolute atomic E-state index is 12.5. The SMILES string of the molecule is CSc1c2sc(C3=C(C(=O)O)N4C(=O)[C@H](C(C)O)[C@H]4[C@@H]3C)cn2c[n+]1C[C@@H](O)CN. The highest BCUT2D eigenvalue weighted by Gasteiger charge is 2.60. The van der Waals surface area contributed by atoms with Crippen LogP contribution in [0, 0.1) is 11.8 Å². The number of aliphatic hydroxyl groups is 2. The number of carbonyl (C=O) groups excluding carboxylic acids is 1. The van der Waals surface area contributed by atoms with Gasteiger partial charge in [0.05, 0.1) is 22.9 Å². The molecule has 0 radical (unpaired) electrons. The molecule has 1 unspecified atom stereocenters. The number of aliphatic carboxylic acids is 1. The predicted octanol–water partition coefficient (Wildman–Crippen LogP) is -0.0170.